The van der Waals surface area contributed by atoms with Gasteiger partial charge in [0.15, 0.2) is 0 Å². The Bertz CT molecular complexity index is 253. The minimum Gasteiger partial charge on any atom is -0.397 e. The van der Waals surface area contributed by atoms with Crippen LogP contribution in [0.15, 0.2) is 0 Å². The highest BCUT2D eigenvalue weighted by Crippen LogP contribution is 2.25. The largest absolute Gasteiger partial charge is 0.500 e. The molecule has 0 amide bonds. The van der Waals surface area contributed by atoms with Crippen LogP contribution in [0, 0.1) is 0 Å². The molecule has 0 radical (unpaired) electrons. The van der Waals surface area contributed by atoms with Crippen LogP contribution in [-0.2, 0) is 13.3 Å². The number of halogens is 4. The van der Waals surface area contributed by atoms with Crippen LogP contribution in [0.2, 0.25) is 12.1 Å². The molecule has 0 atom stereocenters. The summed E-state index contributed by atoms with van der Waals surface area (Å²) in [5.41, 5.74) is 10.7. The van der Waals surface area contributed by atoms with Crippen molar-refractivity contribution >= 4 is 60.5 Å². The van der Waals surface area contributed by atoms with E-state index in [4.69, 9.17) is 63.1 Å². The van der Waals surface area contributed by atoms with Gasteiger partial charge in [-0.1, -0.05) is 0 Å². The van der Waals surface area contributed by atoms with Crippen LogP contribution in [0.1, 0.15) is 40.5 Å². The number of aliphatic hydroxyl groups is 1. The van der Waals surface area contributed by atoms with E-state index in [1.54, 1.807) is 6.92 Å². The first kappa shape index (κ1) is 34.8. The van der Waals surface area contributed by atoms with Crippen LogP contribution in [0.25, 0.3) is 0 Å². The Morgan fingerprint density at radius 1 is 0.769 bits per heavy atom. The first-order valence-electron chi connectivity index (χ1n) is 8.71. The van der Waals surface area contributed by atoms with Crippen molar-refractivity contribution in [1.82, 2.24) is 0 Å². The summed E-state index contributed by atoms with van der Waals surface area (Å²) < 4.78 is 17.0. The molecule has 0 aliphatic carbocycles. The van der Waals surface area contributed by atoms with Gasteiger partial charge < -0.3 is 29.9 Å². The van der Waals surface area contributed by atoms with Gasteiger partial charge in [0.25, 0.3) is 0 Å². The highest BCUT2D eigenvalue weighted by molar-refractivity contribution is 7.64. The quantitative estimate of drug-likeness (QED) is 0.281. The molecule has 0 saturated carbocycles. The smallest absolute Gasteiger partial charge is 0.397 e. The summed E-state index contributed by atoms with van der Waals surface area (Å²) in [4.78, 5) is 0. The summed E-state index contributed by atoms with van der Waals surface area (Å²) in [6.07, 6.45) is 1.72. The molecular formula is C14H38Cl4N2O4Si2. The maximum absolute atomic E-state index is 7.57. The third-order valence-electron chi connectivity index (χ3n) is 2.44. The molecule has 5 N–H and O–H groups in total. The second-order valence-corrected chi connectivity index (χ2v) is 16.7. The van der Waals surface area contributed by atoms with Crippen LogP contribution in [0.4, 0.5) is 0 Å². The molecule has 164 valence electrons. The molecule has 0 heterocycles. The van der Waals surface area contributed by atoms with Gasteiger partial charge in [-0.25, -0.2) is 0 Å². The highest BCUT2D eigenvalue weighted by atomic mass is 35.8. The second-order valence-electron chi connectivity index (χ2n) is 4.70. The lowest BCUT2D eigenvalue weighted by atomic mass is 10.5. The van der Waals surface area contributed by atoms with Crippen molar-refractivity contribution in [3.63, 3.8) is 0 Å². The Kier molecular flexibility index (Phi) is 32.7. The van der Waals surface area contributed by atoms with Crippen LogP contribution < -0.4 is 11.5 Å². The number of aliphatic hydroxyl groups excluding tert-OH is 1. The van der Waals surface area contributed by atoms with Gasteiger partial charge in [0.2, 0.25) is 0 Å². The van der Waals surface area contributed by atoms with Gasteiger partial charge in [-0.15, -0.1) is 45.6 Å². The van der Waals surface area contributed by atoms with Crippen molar-refractivity contribution in [3.05, 3.63) is 0 Å². The van der Waals surface area contributed by atoms with E-state index in [9.17, 15) is 0 Å². The summed E-state index contributed by atoms with van der Waals surface area (Å²) >= 11 is 16.6. The highest BCUT2D eigenvalue weighted by Gasteiger charge is 2.39. The monoisotopic (exact) mass is 494 g/mol. The maximum atomic E-state index is 7.57. The fraction of sp³-hybridized carbons (Fsp3) is 1.00. The fourth-order valence-electron chi connectivity index (χ4n) is 1.62. The molecule has 0 aromatic heterocycles. The van der Waals surface area contributed by atoms with E-state index in [2.05, 4.69) is 0 Å². The van der Waals surface area contributed by atoms with E-state index in [-0.39, 0.29) is 19.0 Å². The van der Waals surface area contributed by atoms with Gasteiger partial charge >= 0.3 is 14.8 Å². The average Bonchev–Trinajstić information content (AvgIpc) is 2.52. The number of hydrogen-bond donors (Lipinski definition) is 3. The zero-order valence-electron chi connectivity index (χ0n) is 16.4. The van der Waals surface area contributed by atoms with Crippen molar-refractivity contribution in [2.45, 2.75) is 52.6 Å². The molecule has 26 heavy (non-hydrogen) atoms. The van der Waals surface area contributed by atoms with Crippen molar-refractivity contribution in [2.75, 3.05) is 39.5 Å². The Balaban J connectivity index is -0.000000172. The molecule has 0 unspecified atom stereocenters. The van der Waals surface area contributed by atoms with Gasteiger partial charge in [0, 0.05) is 32.5 Å². The van der Waals surface area contributed by atoms with E-state index in [0.29, 0.717) is 39.0 Å². The second kappa shape index (κ2) is 24.4. The molecule has 0 fully saturated rings. The van der Waals surface area contributed by atoms with Gasteiger partial charge in [0.05, 0.1) is 0 Å². The summed E-state index contributed by atoms with van der Waals surface area (Å²) in [6, 6.07) is -0.848. The SMILES string of the molecule is CCO.CCO[Si](CCCN)(OCC)OCC.Cl.NCCC[Si](Cl)(Cl)Cl. The lowest BCUT2D eigenvalue weighted by molar-refractivity contribution is 0.0710. The molecular weight excluding hydrogens is 458 g/mol. The molecule has 6 nitrogen and oxygen atoms in total. The third kappa shape index (κ3) is 27.6. The van der Waals surface area contributed by atoms with Crippen LogP contribution >= 0.6 is 45.6 Å². The van der Waals surface area contributed by atoms with E-state index >= 15 is 0 Å². The van der Waals surface area contributed by atoms with Crippen molar-refractivity contribution in [1.29, 1.82) is 0 Å². The molecule has 0 spiro atoms. The van der Waals surface area contributed by atoms with Crippen LogP contribution in [0.5, 0.6) is 0 Å². The minimum absolute atomic E-state index is 0. The molecule has 0 saturated heterocycles. The first-order valence-corrected chi connectivity index (χ1v) is 15.9. The lowest BCUT2D eigenvalue weighted by Gasteiger charge is -2.28. The number of nitrogens with two attached hydrogens (primary N) is 2. The van der Waals surface area contributed by atoms with Crippen molar-refractivity contribution < 1.29 is 18.4 Å². The van der Waals surface area contributed by atoms with E-state index in [1.807, 2.05) is 20.8 Å². The van der Waals surface area contributed by atoms with Gasteiger partial charge in [0.1, 0.15) is 0 Å². The lowest BCUT2D eigenvalue weighted by Crippen LogP contribution is -2.46. The van der Waals surface area contributed by atoms with Crippen molar-refractivity contribution in [2.24, 2.45) is 11.5 Å². The van der Waals surface area contributed by atoms with E-state index in [0.717, 1.165) is 18.9 Å². The van der Waals surface area contributed by atoms with Crippen LogP contribution in [0.3, 0.4) is 0 Å². The third-order valence-corrected chi connectivity index (χ3v) is 8.22. The number of hydrogen-bond acceptors (Lipinski definition) is 6. The Morgan fingerprint density at radius 2 is 1.08 bits per heavy atom. The van der Waals surface area contributed by atoms with Crippen molar-refractivity contribution in [3.8, 4) is 0 Å². The molecule has 12 heteroatoms. The average molecular weight is 496 g/mol. The predicted octanol–water partition coefficient (Wildman–Crippen LogP) is 3.79. The topological polar surface area (TPSA) is 100.0 Å². The summed E-state index contributed by atoms with van der Waals surface area (Å²) in [5, 5.41) is 7.57. The van der Waals surface area contributed by atoms with E-state index < -0.39 is 14.8 Å². The fourth-order valence-corrected chi connectivity index (χ4v) is 6.07. The number of rotatable bonds is 12. The Morgan fingerprint density at radius 3 is 1.27 bits per heavy atom. The van der Waals surface area contributed by atoms with Crippen LogP contribution in [-0.4, -0.2) is 59.4 Å². The summed E-state index contributed by atoms with van der Waals surface area (Å²) in [5.74, 6) is 0. The zero-order chi connectivity index (χ0) is 20.2. The van der Waals surface area contributed by atoms with Gasteiger partial charge in [-0.3, -0.25) is 0 Å². The molecule has 0 aromatic carbocycles. The molecule has 0 aromatic rings. The normalized spacial score (nSPS) is 10.8. The standard InChI is InChI=1S/C9H23NO3Si.C3H8Cl3NSi.C2H6O.ClH/c1-4-11-14(12-5-2,13-6-3)9-7-8-10;4-8(5,6)3-1-2-7;1-2-3;/h4-10H2,1-3H3;1-3,7H2;3H,2H2,1H3;1H. The maximum Gasteiger partial charge on any atom is 0.500 e. The molecule has 0 bridgehead atoms. The predicted molar refractivity (Wildman–Crippen MR) is 121 cm³/mol. The van der Waals surface area contributed by atoms with Gasteiger partial charge in [-0.05, 0) is 59.7 Å². The molecule has 0 aliphatic rings. The summed E-state index contributed by atoms with van der Waals surface area (Å²) in [6.45, 7) is 11.0. The van der Waals surface area contributed by atoms with Gasteiger partial charge in [-0.2, -0.15) is 0 Å². The Labute approximate surface area is 182 Å². The first-order chi connectivity index (χ1) is 11.7. The van der Waals surface area contributed by atoms with E-state index in [1.165, 1.54) is 0 Å². The summed E-state index contributed by atoms with van der Waals surface area (Å²) in [7, 11) is -2.40. The zero-order valence-corrected chi connectivity index (χ0v) is 21.5. The molecule has 0 rings (SSSR count). The minimum atomic E-state index is -2.40. The Hall–Kier alpha value is 1.35. The molecule has 0 aliphatic heterocycles.